The summed E-state index contributed by atoms with van der Waals surface area (Å²) in [4.78, 5) is 26.4. The predicted octanol–water partition coefficient (Wildman–Crippen LogP) is 3.28. The first-order valence-electron chi connectivity index (χ1n) is 9.15. The Bertz CT molecular complexity index is 1140. The van der Waals surface area contributed by atoms with Gasteiger partial charge in [-0.3, -0.25) is 9.59 Å². The lowest BCUT2D eigenvalue weighted by Gasteiger charge is -2.21. The standard InChI is InChI=1S/C21H21ClN4O3/c1-3-26(4-2)14-10-9-13-11-16(19(23)27)21(29-18(13)12-14)25-24-20(28)15-7-5-6-8-17(15)22/h5-12H,3-4H2,1-2H3,(H2,23,27)(H,24,28)/b25-21-. The van der Waals surface area contributed by atoms with E-state index < -0.39 is 11.8 Å². The normalized spacial score (nSPS) is 11.5. The molecule has 0 bridgehead atoms. The van der Waals surface area contributed by atoms with Crippen molar-refractivity contribution in [2.24, 2.45) is 10.8 Å². The van der Waals surface area contributed by atoms with E-state index in [9.17, 15) is 9.59 Å². The minimum atomic E-state index is -0.714. The maximum absolute atomic E-state index is 12.4. The zero-order valence-corrected chi connectivity index (χ0v) is 16.9. The second-order valence-corrected chi connectivity index (χ2v) is 6.66. The highest BCUT2D eigenvalue weighted by atomic mass is 35.5. The third kappa shape index (κ3) is 4.41. The van der Waals surface area contributed by atoms with Crippen LogP contribution in [0.15, 0.2) is 58.0 Å². The summed E-state index contributed by atoms with van der Waals surface area (Å²) in [6.07, 6.45) is 0. The van der Waals surface area contributed by atoms with Crippen LogP contribution in [-0.2, 0) is 0 Å². The quantitative estimate of drug-likeness (QED) is 0.606. The number of nitrogens with zero attached hydrogens (tertiary/aromatic N) is 2. The zero-order chi connectivity index (χ0) is 21.0. The molecule has 3 aromatic rings. The van der Waals surface area contributed by atoms with Crippen molar-refractivity contribution in [1.82, 2.24) is 5.43 Å². The smallest absolute Gasteiger partial charge is 0.272 e. The highest BCUT2D eigenvalue weighted by Gasteiger charge is 2.13. The van der Waals surface area contributed by atoms with Crippen LogP contribution in [0.4, 0.5) is 5.69 Å². The molecule has 0 spiro atoms. The van der Waals surface area contributed by atoms with Gasteiger partial charge in [-0.1, -0.05) is 23.7 Å². The SMILES string of the molecule is CCN(CC)c1ccc2cc(C(N)=O)/c(=N/NC(=O)c3ccccc3Cl)oc2c1. The molecule has 1 aromatic heterocycles. The van der Waals surface area contributed by atoms with Crippen LogP contribution in [0.3, 0.4) is 0 Å². The maximum Gasteiger partial charge on any atom is 0.272 e. The fourth-order valence-corrected chi connectivity index (χ4v) is 3.18. The number of hydrogen-bond donors (Lipinski definition) is 2. The summed E-state index contributed by atoms with van der Waals surface area (Å²) in [5.74, 6) is -1.24. The van der Waals surface area contributed by atoms with Gasteiger partial charge in [0.15, 0.2) is 0 Å². The van der Waals surface area contributed by atoms with E-state index in [4.69, 9.17) is 21.8 Å². The van der Waals surface area contributed by atoms with Crippen molar-refractivity contribution in [3.63, 3.8) is 0 Å². The number of carbonyl (C=O) groups is 2. The summed E-state index contributed by atoms with van der Waals surface area (Å²) in [6, 6.07) is 13.8. The topological polar surface area (TPSA) is 101 Å². The molecule has 2 aromatic carbocycles. The molecule has 0 aliphatic carbocycles. The summed E-state index contributed by atoms with van der Waals surface area (Å²) in [7, 11) is 0. The van der Waals surface area contributed by atoms with Crippen molar-refractivity contribution >= 4 is 40.1 Å². The van der Waals surface area contributed by atoms with E-state index in [-0.39, 0.29) is 21.7 Å². The second-order valence-electron chi connectivity index (χ2n) is 6.26. The monoisotopic (exact) mass is 412 g/mol. The van der Waals surface area contributed by atoms with Crippen molar-refractivity contribution in [2.75, 3.05) is 18.0 Å². The number of rotatable bonds is 6. The van der Waals surface area contributed by atoms with Crippen LogP contribution in [0.1, 0.15) is 34.6 Å². The van der Waals surface area contributed by atoms with Crippen LogP contribution < -0.4 is 21.6 Å². The summed E-state index contributed by atoms with van der Waals surface area (Å²) >= 11 is 6.03. The van der Waals surface area contributed by atoms with Gasteiger partial charge < -0.3 is 15.1 Å². The molecule has 8 heteroatoms. The Morgan fingerprint density at radius 1 is 1.10 bits per heavy atom. The number of nitrogens with one attached hydrogen (secondary N) is 1. The number of amides is 2. The number of carbonyl (C=O) groups excluding carboxylic acids is 2. The van der Waals surface area contributed by atoms with Crippen molar-refractivity contribution < 1.29 is 14.0 Å². The van der Waals surface area contributed by atoms with Crippen molar-refractivity contribution in [3.05, 3.63) is 70.2 Å². The Hall–Kier alpha value is -3.32. The van der Waals surface area contributed by atoms with Crippen LogP contribution in [0.25, 0.3) is 11.0 Å². The summed E-state index contributed by atoms with van der Waals surface area (Å²) < 4.78 is 5.81. The Morgan fingerprint density at radius 2 is 1.83 bits per heavy atom. The number of primary amides is 1. The van der Waals surface area contributed by atoms with Gasteiger partial charge in [0.05, 0.1) is 10.6 Å². The van der Waals surface area contributed by atoms with Crippen LogP contribution in [0.2, 0.25) is 5.02 Å². The van der Waals surface area contributed by atoms with Gasteiger partial charge in [0.25, 0.3) is 11.8 Å². The largest absolute Gasteiger partial charge is 0.436 e. The molecule has 0 aliphatic rings. The molecule has 150 valence electrons. The van der Waals surface area contributed by atoms with Crippen LogP contribution >= 0.6 is 11.6 Å². The highest BCUT2D eigenvalue weighted by molar-refractivity contribution is 6.33. The molecular weight excluding hydrogens is 392 g/mol. The van der Waals surface area contributed by atoms with E-state index >= 15 is 0 Å². The van der Waals surface area contributed by atoms with Gasteiger partial charge in [-0.2, -0.15) is 0 Å². The van der Waals surface area contributed by atoms with E-state index in [1.807, 2.05) is 18.2 Å². The van der Waals surface area contributed by atoms with E-state index in [0.717, 1.165) is 18.8 Å². The summed E-state index contributed by atoms with van der Waals surface area (Å²) in [6.45, 7) is 5.80. The predicted molar refractivity (Wildman–Crippen MR) is 113 cm³/mol. The Kier molecular flexibility index (Phi) is 6.19. The molecule has 0 radical (unpaired) electrons. The van der Waals surface area contributed by atoms with Gasteiger partial charge in [-0.05, 0) is 44.2 Å². The molecule has 1 heterocycles. The van der Waals surface area contributed by atoms with Gasteiger partial charge in [-0.25, -0.2) is 5.43 Å². The number of benzene rings is 2. The van der Waals surface area contributed by atoms with Crippen molar-refractivity contribution in [2.45, 2.75) is 13.8 Å². The third-order valence-electron chi connectivity index (χ3n) is 4.51. The van der Waals surface area contributed by atoms with E-state index in [1.54, 1.807) is 30.3 Å². The molecule has 7 nitrogen and oxygen atoms in total. The first-order valence-corrected chi connectivity index (χ1v) is 9.53. The van der Waals surface area contributed by atoms with Crippen LogP contribution in [-0.4, -0.2) is 24.9 Å². The lowest BCUT2D eigenvalue weighted by atomic mass is 10.1. The molecule has 0 saturated carbocycles. The Balaban J connectivity index is 2.05. The number of nitrogens with two attached hydrogens (primary N) is 1. The lowest BCUT2D eigenvalue weighted by molar-refractivity contribution is 0.0946. The highest BCUT2D eigenvalue weighted by Crippen LogP contribution is 2.22. The van der Waals surface area contributed by atoms with Crippen molar-refractivity contribution in [3.8, 4) is 0 Å². The number of halogens is 1. The first kappa shape index (κ1) is 20.4. The van der Waals surface area contributed by atoms with Gasteiger partial charge in [-0.15, -0.1) is 5.10 Å². The molecule has 0 aliphatic heterocycles. The first-order chi connectivity index (χ1) is 13.9. The molecule has 2 amide bonds. The van der Waals surface area contributed by atoms with Gasteiger partial charge >= 0.3 is 0 Å². The molecule has 0 fully saturated rings. The van der Waals surface area contributed by atoms with Gasteiger partial charge in [0, 0.05) is 30.2 Å². The number of hydrogen-bond acceptors (Lipinski definition) is 5. The minimum absolute atomic E-state index is 0.0625. The summed E-state index contributed by atoms with van der Waals surface area (Å²) in [5.41, 5.74) is 9.56. The lowest BCUT2D eigenvalue weighted by Crippen LogP contribution is -2.27. The molecule has 0 saturated heterocycles. The van der Waals surface area contributed by atoms with Gasteiger partial charge in [0.1, 0.15) is 11.1 Å². The maximum atomic E-state index is 12.4. The molecule has 0 atom stereocenters. The van der Waals surface area contributed by atoms with E-state index in [0.29, 0.717) is 11.0 Å². The van der Waals surface area contributed by atoms with Crippen LogP contribution in [0, 0.1) is 0 Å². The third-order valence-corrected chi connectivity index (χ3v) is 4.84. The Labute approximate surface area is 172 Å². The van der Waals surface area contributed by atoms with Crippen molar-refractivity contribution in [1.29, 1.82) is 0 Å². The average Bonchev–Trinajstić information content (AvgIpc) is 2.72. The Morgan fingerprint density at radius 3 is 2.48 bits per heavy atom. The molecule has 3 N–H and O–H groups in total. The second kappa shape index (κ2) is 8.79. The molecule has 3 rings (SSSR count). The number of anilines is 1. The van der Waals surface area contributed by atoms with Gasteiger partial charge in [0.2, 0.25) is 5.55 Å². The molecule has 29 heavy (non-hydrogen) atoms. The zero-order valence-electron chi connectivity index (χ0n) is 16.1. The fraction of sp³-hybridized carbons (Fsp3) is 0.190. The number of fused-ring (bicyclic) bond motifs is 1. The van der Waals surface area contributed by atoms with E-state index in [2.05, 4.69) is 29.3 Å². The molecule has 0 unspecified atom stereocenters. The molecular formula is C21H21ClN4O3. The minimum Gasteiger partial charge on any atom is -0.436 e. The fourth-order valence-electron chi connectivity index (χ4n) is 2.96. The van der Waals surface area contributed by atoms with Crippen LogP contribution in [0.5, 0.6) is 0 Å². The van der Waals surface area contributed by atoms with E-state index in [1.165, 1.54) is 0 Å². The summed E-state index contributed by atoms with van der Waals surface area (Å²) in [5, 5.41) is 4.96. The average molecular weight is 413 g/mol.